The largest absolute Gasteiger partial charge is 0.466 e. The molecule has 140 valence electrons. The van der Waals surface area contributed by atoms with E-state index >= 15 is 0 Å². The first-order chi connectivity index (χ1) is 11.2. The van der Waals surface area contributed by atoms with Crippen LogP contribution in [0.4, 0.5) is 0 Å². The number of hydrogen-bond acceptors (Lipinski definition) is 4. The van der Waals surface area contributed by atoms with Crippen molar-refractivity contribution in [2.24, 2.45) is 0 Å². The third kappa shape index (κ3) is 6.75. The molecular weight excluding hydrogens is 303 g/mol. The van der Waals surface area contributed by atoms with Crippen LogP contribution in [0.3, 0.4) is 0 Å². The highest BCUT2D eigenvalue weighted by atomic mass is 16.7. The van der Waals surface area contributed by atoms with Crippen molar-refractivity contribution in [2.45, 2.75) is 110 Å². The molecule has 1 heterocycles. The van der Waals surface area contributed by atoms with Gasteiger partial charge in [-0.25, -0.2) is 0 Å². The van der Waals surface area contributed by atoms with Crippen LogP contribution in [0.25, 0.3) is 0 Å². The van der Waals surface area contributed by atoms with Crippen LogP contribution in [-0.2, 0) is 18.8 Å². The molecule has 0 spiro atoms. The van der Waals surface area contributed by atoms with E-state index in [9.17, 15) is 4.79 Å². The summed E-state index contributed by atoms with van der Waals surface area (Å²) in [7, 11) is -0.0837. The van der Waals surface area contributed by atoms with Crippen molar-refractivity contribution in [1.82, 2.24) is 0 Å². The third-order valence-corrected chi connectivity index (χ3v) is 5.33. The molecule has 0 aromatic heterocycles. The summed E-state index contributed by atoms with van der Waals surface area (Å²) in [5.41, 5.74) is -0.463. The Hall–Kier alpha value is -0.545. The average Bonchev–Trinajstić information content (AvgIpc) is 2.70. The summed E-state index contributed by atoms with van der Waals surface area (Å²) in [6.07, 6.45) is 8.65. The van der Waals surface area contributed by atoms with E-state index in [2.05, 4.69) is 34.6 Å². The quantitative estimate of drug-likeness (QED) is 0.296. The first kappa shape index (κ1) is 21.5. The Balaban J connectivity index is 2.05. The Kier molecular flexibility index (Phi) is 8.79. The normalized spacial score (nSPS) is 20.2. The second kappa shape index (κ2) is 9.81. The van der Waals surface area contributed by atoms with Crippen LogP contribution in [0.15, 0.2) is 0 Å². The molecule has 24 heavy (non-hydrogen) atoms. The summed E-state index contributed by atoms with van der Waals surface area (Å²) < 4.78 is 17.2. The lowest BCUT2D eigenvalue weighted by Crippen LogP contribution is -2.41. The molecule has 0 bridgehead atoms. The maximum Gasteiger partial charge on any atom is 0.460 e. The number of carbonyl (C=O) groups excluding carboxylic acids is 1. The molecular formula is C19H37BO4. The summed E-state index contributed by atoms with van der Waals surface area (Å²) >= 11 is 0. The van der Waals surface area contributed by atoms with Crippen LogP contribution < -0.4 is 0 Å². The van der Waals surface area contributed by atoms with Crippen molar-refractivity contribution in [3.63, 3.8) is 0 Å². The highest BCUT2D eigenvalue weighted by Gasteiger charge is 2.52. The molecule has 1 aliphatic heterocycles. The minimum absolute atomic E-state index is 0.0614. The van der Waals surface area contributed by atoms with Gasteiger partial charge in [-0.1, -0.05) is 45.4 Å². The Labute approximate surface area is 149 Å². The first-order valence-corrected chi connectivity index (χ1v) is 9.71. The Morgan fingerprint density at radius 2 is 1.46 bits per heavy atom. The van der Waals surface area contributed by atoms with E-state index in [1.165, 1.54) is 25.7 Å². The summed E-state index contributed by atoms with van der Waals surface area (Å²) in [5, 5.41) is 0. The zero-order chi connectivity index (χ0) is 18.2. The lowest BCUT2D eigenvalue weighted by atomic mass is 9.70. The molecule has 0 N–H and O–H groups in total. The molecule has 1 saturated heterocycles. The molecule has 1 aliphatic rings. The molecule has 0 amide bonds. The second-order valence-electron chi connectivity index (χ2n) is 8.07. The number of unbranched alkanes of at least 4 members (excludes halogenated alkanes) is 5. The molecule has 1 fully saturated rings. The topological polar surface area (TPSA) is 44.8 Å². The van der Waals surface area contributed by atoms with E-state index in [0.717, 1.165) is 19.3 Å². The van der Waals surface area contributed by atoms with Crippen LogP contribution in [0.1, 0.15) is 92.9 Å². The van der Waals surface area contributed by atoms with E-state index in [1.807, 2.05) is 6.92 Å². The lowest BCUT2D eigenvalue weighted by Gasteiger charge is -2.32. The molecule has 0 radical (unpaired) electrons. The lowest BCUT2D eigenvalue weighted by molar-refractivity contribution is -0.143. The van der Waals surface area contributed by atoms with E-state index in [0.29, 0.717) is 18.8 Å². The second-order valence-corrected chi connectivity index (χ2v) is 8.07. The minimum atomic E-state index is -0.231. The standard InChI is InChI=1S/C19H37BO4/c1-7-22-17(21)15-13-11-9-8-10-12-14-16(2)20-23-18(3,4)19(5,6)24-20/h16H,7-15H2,1-6H3/t16-/m0/s1. The smallest absolute Gasteiger partial charge is 0.460 e. The average molecular weight is 340 g/mol. The van der Waals surface area contributed by atoms with Gasteiger partial charge in [0.2, 0.25) is 0 Å². The maximum absolute atomic E-state index is 11.2. The van der Waals surface area contributed by atoms with E-state index in [1.54, 1.807) is 0 Å². The van der Waals surface area contributed by atoms with Crippen LogP contribution in [-0.4, -0.2) is 30.9 Å². The molecule has 0 saturated carbocycles. The summed E-state index contributed by atoms with van der Waals surface area (Å²) in [4.78, 5) is 11.2. The monoisotopic (exact) mass is 340 g/mol. The van der Waals surface area contributed by atoms with Gasteiger partial charge in [-0.15, -0.1) is 0 Å². The fraction of sp³-hybridized carbons (Fsp3) is 0.947. The van der Waals surface area contributed by atoms with Crippen molar-refractivity contribution in [3.8, 4) is 0 Å². The van der Waals surface area contributed by atoms with Crippen molar-refractivity contribution < 1.29 is 18.8 Å². The molecule has 0 aliphatic carbocycles. The molecule has 0 aromatic rings. The number of esters is 1. The summed E-state index contributed by atoms with van der Waals surface area (Å²) in [6, 6.07) is 0. The van der Waals surface area contributed by atoms with Crippen molar-refractivity contribution in [3.05, 3.63) is 0 Å². The third-order valence-electron chi connectivity index (χ3n) is 5.33. The van der Waals surface area contributed by atoms with Gasteiger partial charge in [0.1, 0.15) is 0 Å². The SMILES string of the molecule is CCOC(=O)CCCCCCCC[C@H](C)B1OC(C)(C)C(C)(C)O1. The zero-order valence-corrected chi connectivity index (χ0v) is 16.7. The van der Waals surface area contributed by atoms with Crippen molar-refractivity contribution >= 4 is 13.1 Å². The molecule has 5 heteroatoms. The molecule has 1 atom stereocenters. The van der Waals surface area contributed by atoms with Crippen LogP contribution >= 0.6 is 0 Å². The van der Waals surface area contributed by atoms with Crippen molar-refractivity contribution in [1.29, 1.82) is 0 Å². The van der Waals surface area contributed by atoms with Gasteiger partial charge in [0.25, 0.3) is 0 Å². The number of carbonyl (C=O) groups is 1. The zero-order valence-electron chi connectivity index (χ0n) is 16.7. The molecule has 1 rings (SSSR count). The fourth-order valence-corrected chi connectivity index (χ4v) is 2.93. The van der Waals surface area contributed by atoms with Gasteiger partial charge in [0, 0.05) is 6.42 Å². The molecule has 0 unspecified atom stereocenters. The number of hydrogen-bond donors (Lipinski definition) is 0. The fourth-order valence-electron chi connectivity index (χ4n) is 2.93. The van der Waals surface area contributed by atoms with Gasteiger partial charge in [-0.05, 0) is 46.9 Å². The maximum atomic E-state index is 11.2. The Morgan fingerprint density at radius 3 is 2.00 bits per heavy atom. The summed E-state index contributed by atoms with van der Waals surface area (Å²) in [6.45, 7) is 13.0. The van der Waals surface area contributed by atoms with E-state index < -0.39 is 0 Å². The highest BCUT2D eigenvalue weighted by molar-refractivity contribution is 6.47. The number of ether oxygens (including phenoxy) is 1. The molecule has 0 aromatic carbocycles. The van der Waals surface area contributed by atoms with Gasteiger partial charge in [0.15, 0.2) is 0 Å². The van der Waals surface area contributed by atoms with Gasteiger partial charge in [-0.3, -0.25) is 4.79 Å². The Bertz CT molecular complexity index is 366. The number of rotatable bonds is 11. The Morgan fingerprint density at radius 1 is 0.958 bits per heavy atom. The van der Waals surface area contributed by atoms with E-state index in [-0.39, 0.29) is 24.3 Å². The molecule has 4 nitrogen and oxygen atoms in total. The van der Waals surface area contributed by atoms with Crippen LogP contribution in [0, 0.1) is 0 Å². The van der Waals surface area contributed by atoms with Gasteiger partial charge >= 0.3 is 13.1 Å². The van der Waals surface area contributed by atoms with Gasteiger partial charge < -0.3 is 14.0 Å². The predicted molar refractivity (Wildman–Crippen MR) is 99.1 cm³/mol. The first-order valence-electron chi connectivity index (χ1n) is 9.71. The van der Waals surface area contributed by atoms with E-state index in [4.69, 9.17) is 14.0 Å². The summed E-state index contributed by atoms with van der Waals surface area (Å²) in [5.74, 6) is 0.364. The van der Waals surface area contributed by atoms with Crippen LogP contribution in [0.5, 0.6) is 0 Å². The minimum Gasteiger partial charge on any atom is -0.466 e. The van der Waals surface area contributed by atoms with Crippen molar-refractivity contribution in [2.75, 3.05) is 6.61 Å². The highest BCUT2D eigenvalue weighted by Crippen LogP contribution is 2.40. The van der Waals surface area contributed by atoms with Gasteiger partial charge in [-0.2, -0.15) is 0 Å². The predicted octanol–water partition coefficient (Wildman–Crippen LogP) is 5.15. The van der Waals surface area contributed by atoms with Crippen LogP contribution in [0.2, 0.25) is 5.82 Å². The van der Waals surface area contributed by atoms with Gasteiger partial charge in [0.05, 0.1) is 17.8 Å².